The third-order valence-electron chi connectivity index (χ3n) is 5.82. The van der Waals surface area contributed by atoms with E-state index < -0.39 is 0 Å². The molecule has 2 aliphatic heterocycles. The van der Waals surface area contributed by atoms with Crippen LogP contribution < -0.4 is 0 Å². The normalized spacial score (nSPS) is 18.7. The molecule has 1 amide bonds. The number of amides is 1. The van der Waals surface area contributed by atoms with Crippen LogP contribution in [-0.4, -0.2) is 63.9 Å². The molecule has 3 heterocycles. The number of nitrogens with zero attached hydrogens (tertiary/aromatic N) is 4. The quantitative estimate of drug-likeness (QED) is 0.812. The highest BCUT2D eigenvalue weighted by Gasteiger charge is 2.39. The van der Waals surface area contributed by atoms with Gasteiger partial charge in [-0.2, -0.15) is 5.10 Å². The number of carbonyl (C=O) groups is 1. The van der Waals surface area contributed by atoms with E-state index in [4.69, 9.17) is 4.74 Å². The Morgan fingerprint density at radius 2 is 1.89 bits per heavy atom. The molecule has 2 fully saturated rings. The monoisotopic (exact) mass is 368 g/mol. The Bertz CT molecular complexity index is 757. The van der Waals surface area contributed by atoms with Crippen molar-refractivity contribution < 1.29 is 9.53 Å². The first-order valence-corrected chi connectivity index (χ1v) is 9.79. The molecule has 0 spiro atoms. The Labute approximate surface area is 160 Å². The van der Waals surface area contributed by atoms with Gasteiger partial charge in [-0.15, -0.1) is 0 Å². The number of hydrogen-bond acceptors (Lipinski definition) is 4. The van der Waals surface area contributed by atoms with Crippen LogP contribution in [0.4, 0.5) is 0 Å². The number of ether oxygens (including phenoxy) is 1. The van der Waals surface area contributed by atoms with Gasteiger partial charge >= 0.3 is 0 Å². The van der Waals surface area contributed by atoms with Gasteiger partial charge in [-0.25, -0.2) is 0 Å². The van der Waals surface area contributed by atoms with E-state index in [0.717, 1.165) is 51.4 Å². The zero-order valence-corrected chi connectivity index (χ0v) is 16.2. The van der Waals surface area contributed by atoms with Gasteiger partial charge in [-0.1, -0.05) is 30.3 Å². The number of aromatic nitrogens is 2. The van der Waals surface area contributed by atoms with E-state index in [1.54, 1.807) is 4.68 Å². The van der Waals surface area contributed by atoms with Gasteiger partial charge in [0.1, 0.15) is 0 Å². The van der Waals surface area contributed by atoms with E-state index in [1.165, 1.54) is 5.56 Å². The summed E-state index contributed by atoms with van der Waals surface area (Å²) in [6.45, 7) is 6.12. The van der Waals surface area contributed by atoms with Crippen molar-refractivity contribution in [1.29, 1.82) is 0 Å². The molecule has 1 aromatic heterocycles. The minimum absolute atomic E-state index is 0.0431. The summed E-state index contributed by atoms with van der Waals surface area (Å²) in [7, 11) is 1.87. The third kappa shape index (κ3) is 3.92. The molecule has 2 aliphatic rings. The first-order chi connectivity index (χ1) is 13.1. The third-order valence-corrected chi connectivity index (χ3v) is 5.82. The highest BCUT2D eigenvalue weighted by molar-refractivity contribution is 5.93. The van der Waals surface area contributed by atoms with Crippen molar-refractivity contribution >= 4 is 5.91 Å². The fourth-order valence-corrected chi connectivity index (χ4v) is 4.03. The van der Waals surface area contributed by atoms with Crippen molar-refractivity contribution in [1.82, 2.24) is 19.6 Å². The van der Waals surface area contributed by atoms with Gasteiger partial charge in [0.05, 0.1) is 0 Å². The zero-order valence-electron chi connectivity index (χ0n) is 16.2. The largest absolute Gasteiger partial charge is 0.381 e. The Balaban J connectivity index is 1.43. The summed E-state index contributed by atoms with van der Waals surface area (Å²) in [6, 6.07) is 13.4. The molecular weight excluding hydrogens is 340 g/mol. The summed E-state index contributed by atoms with van der Waals surface area (Å²) in [5.41, 5.74) is 2.88. The van der Waals surface area contributed by atoms with E-state index in [9.17, 15) is 4.79 Å². The average molecular weight is 368 g/mol. The molecule has 0 atom stereocenters. The summed E-state index contributed by atoms with van der Waals surface area (Å²) in [5.74, 6) is 0.0431. The smallest absolute Gasteiger partial charge is 0.274 e. The van der Waals surface area contributed by atoms with Crippen LogP contribution in [0, 0.1) is 6.92 Å². The maximum atomic E-state index is 12.7. The number of rotatable bonds is 5. The van der Waals surface area contributed by atoms with Crippen molar-refractivity contribution in [3.8, 4) is 0 Å². The van der Waals surface area contributed by atoms with Gasteiger partial charge < -0.3 is 9.64 Å². The van der Waals surface area contributed by atoms with Crippen molar-refractivity contribution in [2.45, 2.75) is 38.4 Å². The minimum atomic E-state index is 0.0431. The van der Waals surface area contributed by atoms with Crippen molar-refractivity contribution in [2.75, 3.05) is 26.3 Å². The fourth-order valence-electron chi connectivity index (χ4n) is 4.03. The number of aryl methyl sites for hydroxylation is 2. The van der Waals surface area contributed by atoms with Crippen LogP contribution in [0.3, 0.4) is 0 Å². The van der Waals surface area contributed by atoms with Gasteiger partial charge in [0, 0.05) is 57.7 Å². The first-order valence-electron chi connectivity index (χ1n) is 9.79. The van der Waals surface area contributed by atoms with E-state index >= 15 is 0 Å². The van der Waals surface area contributed by atoms with Gasteiger partial charge in [-0.3, -0.25) is 14.4 Å². The van der Waals surface area contributed by atoms with Crippen LogP contribution in [0.15, 0.2) is 36.4 Å². The Kier molecular flexibility index (Phi) is 5.27. The second-order valence-corrected chi connectivity index (χ2v) is 7.66. The first kappa shape index (κ1) is 18.2. The van der Waals surface area contributed by atoms with Crippen molar-refractivity contribution in [3.05, 3.63) is 53.3 Å². The van der Waals surface area contributed by atoms with Crippen LogP contribution in [0.25, 0.3) is 0 Å². The molecule has 0 aliphatic carbocycles. The summed E-state index contributed by atoms with van der Waals surface area (Å²) in [6.07, 6.45) is 2.13. The van der Waals surface area contributed by atoms with Gasteiger partial charge in [0.2, 0.25) is 0 Å². The van der Waals surface area contributed by atoms with Crippen LogP contribution in [0.1, 0.15) is 34.6 Å². The Morgan fingerprint density at radius 1 is 1.19 bits per heavy atom. The Morgan fingerprint density at radius 3 is 2.52 bits per heavy atom. The lowest BCUT2D eigenvalue weighted by molar-refractivity contribution is -0.0291. The summed E-state index contributed by atoms with van der Waals surface area (Å²) < 4.78 is 7.32. The van der Waals surface area contributed by atoms with E-state index in [2.05, 4.69) is 40.3 Å². The molecule has 2 saturated heterocycles. The van der Waals surface area contributed by atoms with Crippen LogP contribution in [0.2, 0.25) is 0 Å². The maximum Gasteiger partial charge on any atom is 0.274 e. The molecule has 4 rings (SSSR count). The van der Waals surface area contributed by atoms with Crippen molar-refractivity contribution in [2.24, 2.45) is 7.05 Å². The molecule has 1 aromatic carbocycles. The molecular formula is C21H28N4O2. The number of likely N-dealkylation sites (tertiary alicyclic amines) is 1. The molecule has 6 heteroatoms. The minimum Gasteiger partial charge on any atom is -0.381 e. The van der Waals surface area contributed by atoms with Crippen molar-refractivity contribution in [3.63, 3.8) is 0 Å². The molecule has 0 bridgehead atoms. The molecule has 0 unspecified atom stereocenters. The maximum absolute atomic E-state index is 12.7. The molecule has 2 aromatic rings. The van der Waals surface area contributed by atoms with E-state index in [1.807, 2.05) is 24.9 Å². The zero-order chi connectivity index (χ0) is 18.8. The second kappa shape index (κ2) is 7.82. The molecule has 0 saturated carbocycles. The van der Waals surface area contributed by atoms with Gasteiger partial charge in [-0.05, 0) is 31.4 Å². The predicted molar refractivity (Wildman–Crippen MR) is 103 cm³/mol. The summed E-state index contributed by atoms with van der Waals surface area (Å²) >= 11 is 0. The predicted octanol–water partition coefficient (Wildman–Crippen LogP) is 2.23. The van der Waals surface area contributed by atoms with Gasteiger partial charge in [0.15, 0.2) is 5.69 Å². The second-order valence-electron chi connectivity index (χ2n) is 7.66. The van der Waals surface area contributed by atoms with E-state index in [0.29, 0.717) is 17.8 Å². The summed E-state index contributed by atoms with van der Waals surface area (Å²) in [4.78, 5) is 17.2. The highest BCUT2D eigenvalue weighted by atomic mass is 16.5. The average Bonchev–Trinajstić information content (AvgIpc) is 3.00. The molecule has 0 N–H and O–H groups in total. The highest BCUT2D eigenvalue weighted by Crippen LogP contribution is 2.26. The number of benzene rings is 1. The molecule has 27 heavy (non-hydrogen) atoms. The number of hydrogen-bond donors (Lipinski definition) is 0. The van der Waals surface area contributed by atoms with Gasteiger partial charge in [0.25, 0.3) is 5.91 Å². The van der Waals surface area contributed by atoms with Crippen LogP contribution in [-0.2, 0) is 18.3 Å². The number of carbonyl (C=O) groups excluding carboxylic acids is 1. The Hall–Kier alpha value is -2.18. The summed E-state index contributed by atoms with van der Waals surface area (Å²) in [5, 5.41) is 4.34. The fraction of sp³-hybridized carbons (Fsp3) is 0.524. The lowest BCUT2D eigenvalue weighted by Crippen LogP contribution is -2.63. The van der Waals surface area contributed by atoms with Crippen LogP contribution >= 0.6 is 0 Å². The molecule has 6 nitrogen and oxygen atoms in total. The lowest BCUT2D eigenvalue weighted by atomic mass is 9.98. The lowest BCUT2D eigenvalue weighted by Gasteiger charge is -2.49. The van der Waals surface area contributed by atoms with E-state index in [-0.39, 0.29) is 5.91 Å². The standard InChI is InChI=1S/C21H28N4O2/c1-16-12-20(22-23(16)2)21(26)24-14-19(15-24)25(18-8-10-27-11-9-18)13-17-6-4-3-5-7-17/h3-7,12,18-19H,8-11,13-15H2,1-2H3. The van der Waals surface area contributed by atoms with Crippen LogP contribution in [0.5, 0.6) is 0 Å². The SMILES string of the molecule is Cc1cc(C(=O)N2CC(N(Cc3ccccc3)C3CCOCC3)C2)nn1C. The topological polar surface area (TPSA) is 50.6 Å². The molecule has 144 valence electrons. The molecule has 0 radical (unpaired) electrons.